The smallest absolute Gasteiger partial charge is 0.264 e. The topological polar surface area (TPSA) is 110 Å². The summed E-state index contributed by atoms with van der Waals surface area (Å²) in [5.41, 5.74) is 0. The van der Waals surface area contributed by atoms with Gasteiger partial charge in [0.15, 0.2) is 6.29 Å². The number of aliphatic hydroxyl groups is 5. The summed E-state index contributed by atoms with van der Waals surface area (Å²) in [6, 6.07) is 0. The molecular weight excluding hydrogens is 187 g/mol. The van der Waals surface area contributed by atoms with E-state index in [4.69, 9.17) is 25.5 Å². The molecule has 78 valence electrons. The number of hydrogen-bond donors (Lipinski definition) is 5. The number of hydrogen-bond acceptors (Lipinski definition) is 6. The molecule has 6 nitrogen and oxygen atoms in total. The van der Waals surface area contributed by atoms with E-state index in [9.17, 15) is 4.39 Å². The SMILES string of the molecule is OC[C@H]1O[C@H](O)[C@H](O)[C@@H](O)[C@@]1(O)F. The molecule has 0 spiro atoms. The molecule has 1 aliphatic heterocycles. The average Bonchev–Trinajstić information content (AvgIpc) is 2.08. The highest BCUT2D eigenvalue weighted by Crippen LogP contribution is 2.29. The summed E-state index contributed by atoms with van der Waals surface area (Å²) >= 11 is 0. The van der Waals surface area contributed by atoms with Crippen LogP contribution >= 0.6 is 0 Å². The van der Waals surface area contributed by atoms with Gasteiger partial charge in [-0.15, -0.1) is 0 Å². The van der Waals surface area contributed by atoms with Gasteiger partial charge in [0.1, 0.15) is 18.3 Å². The molecular formula is C6H11FO6. The molecule has 7 heteroatoms. The van der Waals surface area contributed by atoms with Crippen LogP contribution in [0.15, 0.2) is 0 Å². The van der Waals surface area contributed by atoms with E-state index in [0.29, 0.717) is 0 Å². The summed E-state index contributed by atoms with van der Waals surface area (Å²) in [4.78, 5) is 0. The minimum Gasteiger partial charge on any atom is -0.393 e. The van der Waals surface area contributed by atoms with Crippen LogP contribution in [-0.4, -0.2) is 62.6 Å². The van der Waals surface area contributed by atoms with Crippen molar-refractivity contribution in [1.29, 1.82) is 0 Å². The lowest BCUT2D eigenvalue weighted by molar-refractivity contribution is -0.356. The summed E-state index contributed by atoms with van der Waals surface area (Å²) in [7, 11) is 0. The van der Waals surface area contributed by atoms with Crippen LogP contribution in [-0.2, 0) is 4.74 Å². The summed E-state index contributed by atoms with van der Waals surface area (Å²) in [6.45, 7) is -0.923. The van der Waals surface area contributed by atoms with Crippen molar-refractivity contribution >= 4 is 0 Å². The van der Waals surface area contributed by atoms with Crippen molar-refractivity contribution in [3.8, 4) is 0 Å². The van der Waals surface area contributed by atoms with Gasteiger partial charge in [-0.2, -0.15) is 0 Å². The standard InChI is InChI=1S/C6H11FO6/c7-6(12)2(1-8)13-5(11)3(9)4(6)10/h2-5,8-12H,1H2/t2-,3-,4-,5+,6-/m1/s1. The summed E-state index contributed by atoms with van der Waals surface area (Å²) in [5.74, 6) is -3.27. The molecule has 13 heavy (non-hydrogen) atoms. The lowest BCUT2D eigenvalue weighted by atomic mass is 9.97. The van der Waals surface area contributed by atoms with Crippen LogP contribution < -0.4 is 0 Å². The third-order valence-corrected chi connectivity index (χ3v) is 1.95. The zero-order valence-corrected chi connectivity index (χ0v) is 6.54. The number of ether oxygens (including phenoxy) is 1. The van der Waals surface area contributed by atoms with E-state index in [1.165, 1.54) is 0 Å². The van der Waals surface area contributed by atoms with E-state index in [-0.39, 0.29) is 0 Å². The lowest BCUT2D eigenvalue weighted by Crippen LogP contribution is -2.64. The first kappa shape index (κ1) is 10.8. The van der Waals surface area contributed by atoms with Gasteiger partial charge in [-0.25, -0.2) is 4.39 Å². The second-order valence-corrected chi connectivity index (χ2v) is 2.86. The Kier molecular flexibility index (Phi) is 2.85. The van der Waals surface area contributed by atoms with E-state index >= 15 is 0 Å². The molecule has 0 saturated carbocycles. The van der Waals surface area contributed by atoms with Gasteiger partial charge >= 0.3 is 0 Å². The van der Waals surface area contributed by atoms with Gasteiger partial charge in [0, 0.05) is 0 Å². The quantitative estimate of drug-likeness (QED) is 0.308. The van der Waals surface area contributed by atoms with Crippen LogP contribution in [0.5, 0.6) is 0 Å². The van der Waals surface area contributed by atoms with Crippen LogP contribution in [0, 0.1) is 0 Å². The van der Waals surface area contributed by atoms with E-state index in [0.717, 1.165) is 0 Å². The first-order valence-electron chi connectivity index (χ1n) is 3.63. The Morgan fingerprint density at radius 2 is 1.85 bits per heavy atom. The summed E-state index contributed by atoms with van der Waals surface area (Å²) in [5, 5.41) is 44.1. The summed E-state index contributed by atoms with van der Waals surface area (Å²) in [6.07, 6.45) is -7.77. The normalized spacial score (nSPS) is 52.2. The Morgan fingerprint density at radius 3 is 2.31 bits per heavy atom. The maximum atomic E-state index is 13.1. The van der Waals surface area contributed by atoms with Gasteiger partial charge in [0.25, 0.3) is 5.85 Å². The first-order chi connectivity index (χ1) is 5.91. The number of halogens is 1. The second kappa shape index (κ2) is 3.45. The number of rotatable bonds is 1. The van der Waals surface area contributed by atoms with Crippen LogP contribution in [0.1, 0.15) is 0 Å². The molecule has 0 aromatic rings. The van der Waals surface area contributed by atoms with E-state index in [1.54, 1.807) is 0 Å². The average molecular weight is 198 g/mol. The third-order valence-electron chi connectivity index (χ3n) is 1.95. The van der Waals surface area contributed by atoms with Crippen molar-refractivity contribution in [1.82, 2.24) is 0 Å². The predicted molar refractivity (Wildman–Crippen MR) is 36.0 cm³/mol. The fourth-order valence-corrected chi connectivity index (χ4v) is 1.10. The van der Waals surface area contributed by atoms with E-state index < -0.39 is 37.1 Å². The van der Waals surface area contributed by atoms with Crippen molar-refractivity contribution in [2.75, 3.05) is 6.61 Å². The first-order valence-corrected chi connectivity index (χ1v) is 3.63. The number of alkyl halides is 1. The van der Waals surface area contributed by atoms with Crippen LogP contribution in [0.3, 0.4) is 0 Å². The van der Waals surface area contributed by atoms with Crippen LogP contribution in [0.25, 0.3) is 0 Å². The molecule has 0 amide bonds. The van der Waals surface area contributed by atoms with Crippen molar-refractivity contribution in [3.05, 3.63) is 0 Å². The molecule has 1 aliphatic rings. The van der Waals surface area contributed by atoms with Crippen LogP contribution in [0.4, 0.5) is 4.39 Å². The van der Waals surface area contributed by atoms with Crippen molar-refractivity contribution in [2.45, 2.75) is 30.5 Å². The predicted octanol–water partition coefficient (Wildman–Crippen LogP) is -2.92. The van der Waals surface area contributed by atoms with Crippen molar-refractivity contribution < 1.29 is 34.7 Å². The molecule has 5 atom stereocenters. The molecule has 0 unspecified atom stereocenters. The van der Waals surface area contributed by atoms with Crippen molar-refractivity contribution in [2.24, 2.45) is 0 Å². The molecule has 0 aromatic carbocycles. The van der Waals surface area contributed by atoms with Gasteiger partial charge in [-0.1, -0.05) is 0 Å². The van der Waals surface area contributed by atoms with Gasteiger partial charge < -0.3 is 30.3 Å². The molecule has 0 aliphatic carbocycles. The van der Waals surface area contributed by atoms with E-state index in [2.05, 4.69) is 4.74 Å². The van der Waals surface area contributed by atoms with Gasteiger partial charge in [0.2, 0.25) is 0 Å². The Balaban J connectivity index is 2.82. The maximum Gasteiger partial charge on any atom is 0.264 e. The molecule has 1 heterocycles. The van der Waals surface area contributed by atoms with Crippen LogP contribution in [0.2, 0.25) is 0 Å². The summed E-state index contributed by atoms with van der Waals surface area (Å²) < 4.78 is 17.4. The second-order valence-electron chi connectivity index (χ2n) is 2.86. The zero-order valence-electron chi connectivity index (χ0n) is 6.54. The fourth-order valence-electron chi connectivity index (χ4n) is 1.10. The minimum absolute atomic E-state index is 0.923. The maximum absolute atomic E-state index is 13.1. The third kappa shape index (κ3) is 1.66. The van der Waals surface area contributed by atoms with Crippen molar-refractivity contribution in [3.63, 3.8) is 0 Å². The molecule has 0 bridgehead atoms. The zero-order chi connectivity index (χ0) is 10.2. The highest BCUT2D eigenvalue weighted by atomic mass is 19.2. The van der Waals surface area contributed by atoms with Gasteiger partial charge in [0.05, 0.1) is 6.61 Å². The molecule has 1 saturated heterocycles. The van der Waals surface area contributed by atoms with Gasteiger partial charge in [-0.05, 0) is 0 Å². The number of aliphatic hydroxyl groups excluding tert-OH is 4. The Labute approximate surface area is 72.8 Å². The molecule has 0 radical (unpaired) electrons. The Morgan fingerprint density at radius 1 is 1.31 bits per heavy atom. The molecule has 5 N–H and O–H groups in total. The molecule has 1 rings (SSSR count). The largest absolute Gasteiger partial charge is 0.393 e. The Bertz CT molecular complexity index is 182. The van der Waals surface area contributed by atoms with Gasteiger partial charge in [-0.3, -0.25) is 0 Å². The highest BCUT2D eigenvalue weighted by molar-refractivity contribution is 4.94. The minimum atomic E-state index is -3.27. The monoisotopic (exact) mass is 198 g/mol. The Hall–Kier alpha value is -0.310. The van der Waals surface area contributed by atoms with E-state index in [1.807, 2.05) is 0 Å². The fraction of sp³-hybridized carbons (Fsp3) is 1.00. The molecule has 0 aromatic heterocycles. The molecule has 1 fully saturated rings. The highest BCUT2D eigenvalue weighted by Gasteiger charge is 2.55. The lowest BCUT2D eigenvalue weighted by Gasteiger charge is -2.41.